The summed E-state index contributed by atoms with van der Waals surface area (Å²) >= 11 is 0. The molecule has 0 amide bonds. The molecule has 10 heteroatoms. The molecule has 2 bridgehead atoms. The molecule has 0 spiro atoms. The first-order valence-electron chi connectivity index (χ1n) is 13.9. The molecule has 3 aliphatic heterocycles. The van der Waals surface area contributed by atoms with Gasteiger partial charge in [0, 0.05) is 29.9 Å². The lowest BCUT2D eigenvalue weighted by Crippen LogP contribution is -2.56. The maximum Gasteiger partial charge on any atom is 0.416 e. The summed E-state index contributed by atoms with van der Waals surface area (Å²) in [4.78, 5) is 32.6. The molecule has 2 N–H and O–H groups in total. The smallest absolute Gasteiger partial charge is 0.416 e. The fourth-order valence-electron chi connectivity index (χ4n) is 6.61. The first kappa shape index (κ1) is 27.3. The summed E-state index contributed by atoms with van der Waals surface area (Å²) in [7, 11) is 1.60. The van der Waals surface area contributed by atoms with Crippen molar-refractivity contribution in [2.45, 2.75) is 44.4 Å². The Morgan fingerprint density at radius 2 is 1.83 bits per heavy atom. The van der Waals surface area contributed by atoms with Gasteiger partial charge in [0.25, 0.3) is 10.9 Å². The number of hydrogen-bond donors (Lipinski definition) is 2. The molecule has 7 nitrogen and oxygen atoms in total. The Kier molecular flexibility index (Phi) is 6.97. The van der Waals surface area contributed by atoms with Crippen molar-refractivity contribution in [1.29, 1.82) is 0 Å². The number of rotatable bonds is 8. The lowest BCUT2D eigenvalue weighted by Gasteiger charge is -2.52. The number of nitrogens with one attached hydrogen (secondary N) is 2. The Morgan fingerprint density at radius 3 is 2.49 bits per heavy atom. The van der Waals surface area contributed by atoms with Gasteiger partial charge < -0.3 is 15.4 Å². The van der Waals surface area contributed by atoms with E-state index in [0.29, 0.717) is 17.6 Å². The van der Waals surface area contributed by atoms with Crippen LogP contribution in [0.25, 0.3) is 10.9 Å². The summed E-state index contributed by atoms with van der Waals surface area (Å²) in [5, 5.41) is 7.20. The predicted molar refractivity (Wildman–Crippen MR) is 153 cm³/mol. The summed E-state index contributed by atoms with van der Waals surface area (Å²) in [5.74, 6) is 1.87. The van der Waals surface area contributed by atoms with Crippen LogP contribution in [0.2, 0.25) is 0 Å². The maximum atomic E-state index is 13.0. The zero-order valence-corrected chi connectivity index (χ0v) is 22.8. The minimum Gasteiger partial charge on any atom is -0.497 e. The van der Waals surface area contributed by atoms with Gasteiger partial charge in [-0.3, -0.25) is 19.5 Å². The lowest BCUT2D eigenvalue weighted by atomic mass is 9.72. The Balaban J connectivity index is 1.38. The molecule has 41 heavy (non-hydrogen) atoms. The Hall–Kier alpha value is -3.92. The second kappa shape index (κ2) is 10.5. The van der Waals surface area contributed by atoms with Gasteiger partial charge in [-0.05, 0) is 85.3 Å². The Morgan fingerprint density at radius 1 is 1.07 bits per heavy atom. The molecule has 3 aliphatic rings. The van der Waals surface area contributed by atoms with Crippen molar-refractivity contribution in [3.8, 4) is 5.75 Å². The van der Waals surface area contributed by atoms with Crippen LogP contribution in [-0.2, 0) is 6.18 Å². The van der Waals surface area contributed by atoms with Gasteiger partial charge in [-0.2, -0.15) is 13.2 Å². The highest BCUT2D eigenvalue weighted by Crippen LogP contribution is 2.44. The van der Waals surface area contributed by atoms with Crippen LogP contribution in [0.1, 0.15) is 43.4 Å². The standard InChI is InChI=1S/C31H31F3N4O3/c1-3-17-16-38-13-11-18(17)14-25(38)26(22-10-12-35-24-9-8-21(41-2)15-23(22)24)37-28-27(29(39)30(28)40)36-20-6-4-19(5-7-20)31(32,33)34/h4-10,12,15,17-18,25-26,36-37H,3,11,13-14,16H2,1-2H3/t17-,18-,25+,26-/m0/s1. The first-order chi connectivity index (χ1) is 19.7. The fourth-order valence-corrected chi connectivity index (χ4v) is 6.61. The average Bonchev–Trinajstić information content (AvgIpc) is 3.00. The van der Waals surface area contributed by atoms with Crippen molar-refractivity contribution in [2.75, 3.05) is 30.8 Å². The molecule has 3 fully saturated rings. The second-order valence-corrected chi connectivity index (χ2v) is 11.0. The normalized spacial score (nSPS) is 23.0. The van der Waals surface area contributed by atoms with Crippen LogP contribution in [0.15, 0.2) is 64.3 Å². The number of anilines is 3. The van der Waals surface area contributed by atoms with E-state index in [1.165, 1.54) is 12.1 Å². The van der Waals surface area contributed by atoms with E-state index in [9.17, 15) is 22.8 Å². The number of hydrogen-bond acceptors (Lipinski definition) is 7. The number of alkyl halides is 3. The quantitative estimate of drug-likeness (QED) is 0.259. The highest BCUT2D eigenvalue weighted by molar-refractivity contribution is 5.85. The number of piperidine rings is 3. The lowest BCUT2D eigenvalue weighted by molar-refractivity contribution is -0.137. The SMILES string of the molecule is CC[C@H]1CN2CC[C@H]1C[C@@H]2[C@@H](Nc1c(Nc2ccc(C(F)(F)F)cc2)c(=O)c1=O)c1ccnc2ccc(OC)cc12. The summed E-state index contributed by atoms with van der Waals surface area (Å²) in [6, 6.07) is 11.7. The largest absolute Gasteiger partial charge is 0.497 e. The number of pyridine rings is 1. The van der Waals surface area contributed by atoms with Crippen molar-refractivity contribution >= 4 is 28.0 Å². The molecule has 1 unspecified atom stereocenters. The van der Waals surface area contributed by atoms with Crippen molar-refractivity contribution in [3.63, 3.8) is 0 Å². The number of halogens is 3. The molecule has 1 aromatic heterocycles. The topological polar surface area (TPSA) is 83.6 Å². The zero-order chi connectivity index (χ0) is 28.9. The highest BCUT2D eigenvalue weighted by atomic mass is 19.4. The number of aromatic nitrogens is 1. The highest BCUT2D eigenvalue weighted by Gasteiger charge is 2.44. The molecular formula is C31H31F3N4O3. The summed E-state index contributed by atoms with van der Waals surface area (Å²) in [6.45, 7) is 4.15. The van der Waals surface area contributed by atoms with E-state index in [4.69, 9.17) is 4.74 Å². The van der Waals surface area contributed by atoms with Gasteiger partial charge in [0.1, 0.15) is 17.1 Å². The number of fused-ring (bicyclic) bond motifs is 4. The fraction of sp³-hybridized carbons (Fsp3) is 0.387. The average molecular weight is 565 g/mol. The monoisotopic (exact) mass is 564 g/mol. The van der Waals surface area contributed by atoms with Crippen molar-refractivity contribution in [1.82, 2.24) is 9.88 Å². The third-order valence-corrected chi connectivity index (χ3v) is 8.85. The molecule has 4 aromatic rings. The van der Waals surface area contributed by atoms with Gasteiger partial charge in [-0.15, -0.1) is 0 Å². The zero-order valence-electron chi connectivity index (χ0n) is 22.8. The van der Waals surface area contributed by atoms with Gasteiger partial charge in [0.2, 0.25) is 0 Å². The molecule has 3 saturated heterocycles. The predicted octanol–water partition coefficient (Wildman–Crippen LogP) is 5.88. The third kappa shape index (κ3) is 4.94. The van der Waals surface area contributed by atoms with Crippen LogP contribution < -0.4 is 26.2 Å². The molecule has 0 radical (unpaired) electrons. The minimum absolute atomic E-state index is 0.0538. The van der Waals surface area contributed by atoms with Crippen LogP contribution >= 0.6 is 0 Å². The van der Waals surface area contributed by atoms with E-state index in [0.717, 1.165) is 61.0 Å². The molecular weight excluding hydrogens is 533 g/mol. The van der Waals surface area contributed by atoms with Gasteiger partial charge >= 0.3 is 6.18 Å². The number of methoxy groups -OCH3 is 1. The number of ether oxygens (including phenoxy) is 1. The van der Waals surface area contributed by atoms with E-state index < -0.39 is 22.6 Å². The molecule has 3 aromatic carbocycles. The van der Waals surface area contributed by atoms with Gasteiger partial charge in [-0.25, -0.2) is 0 Å². The molecule has 0 aliphatic carbocycles. The van der Waals surface area contributed by atoms with Gasteiger partial charge in [0.05, 0.1) is 24.2 Å². The molecule has 214 valence electrons. The summed E-state index contributed by atoms with van der Waals surface area (Å²) in [6.07, 6.45) is 0.463. The molecule has 4 heterocycles. The minimum atomic E-state index is -4.47. The van der Waals surface area contributed by atoms with Crippen LogP contribution in [-0.4, -0.2) is 36.1 Å². The molecule has 5 atom stereocenters. The second-order valence-electron chi connectivity index (χ2n) is 11.0. The summed E-state index contributed by atoms with van der Waals surface area (Å²) in [5.41, 5.74) is 0.0548. The Labute approximate surface area is 235 Å². The van der Waals surface area contributed by atoms with E-state index in [2.05, 4.69) is 27.4 Å². The van der Waals surface area contributed by atoms with E-state index in [1.54, 1.807) is 13.3 Å². The molecule has 7 rings (SSSR count). The van der Waals surface area contributed by atoms with E-state index >= 15 is 0 Å². The van der Waals surface area contributed by atoms with E-state index in [-0.39, 0.29) is 29.1 Å². The van der Waals surface area contributed by atoms with Crippen LogP contribution in [0.3, 0.4) is 0 Å². The molecule has 0 saturated carbocycles. The van der Waals surface area contributed by atoms with Crippen LogP contribution in [0, 0.1) is 11.8 Å². The van der Waals surface area contributed by atoms with Gasteiger partial charge in [0.15, 0.2) is 0 Å². The third-order valence-electron chi connectivity index (χ3n) is 8.85. The first-order valence-corrected chi connectivity index (χ1v) is 13.9. The van der Waals surface area contributed by atoms with Crippen LogP contribution in [0.5, 0.6) is 5.75 Å². The summed E-state index contributed by atoms with van der Waals surface area (Å²) < 4.78 is 44.6. The van der Waals surface area contributed by atoms with Crippen LogP contribution in [0.4, 0.5) is 30.2 Å². The maximum absolute atomic E-state index is 13.0. The van der Waals surface area contributed by atoms with Crippen molar-refractivity contribution < 1.29 is 17.9 Å². The van der Waals surface area contributed by atoms with E-state index in [1.807, 2.05) is 24.3 Å². The van der Waals surface area contributed by atoms with Crippen molar-refractivity contribution in [3.05, 3.63) is 86.3 Å². The van der Waals surface area contributed by atoms with Crippen molar-refractivity contribution in [2.24, 2.45) is 11.8 Å². The number of benzene rings is 2. The van der Waals surface area contributed by atoms with Gasteiger partial charge in [-0.1, -0.05) is 13.3 Å². The number of nitrogens with zero attached hydrogens (tertiary/aromatic N) is 2. The Bertz CT molecular complexity index is 1650.